The van der Waals surface area contributed by atoms with Crippen molar-refractivity contribution >= 4 is 22.9 Å². The maximum Gasteiger partial charge on any atom is 0.426 e. The Hall–Kier alpha value is -2.57. The van der Waals surface area contributed by atoms with Crippen LogP contribution >= 0.6 is 0 Å². The molecule has 0 atom stereocenters. The molecule has 7 heteroatoms. The van der Waals surface area contributed by atoms with E-state index in [1.54, 1.807) is 25.3 Å². The van der Waals surface area contributed by atoms with Crippen LogP contribution < -0.4 is 10.9 Å². The number of benzene rings is 1. The number of hydrogen-bond acceptors (Lipinski definition) is 4. The van der Waals surface area contributed by atoms with E-state index in [1.165, 1.54) is 0 Å². The molecule has 0 radical (unpaired) electrons. The number of nitrogens with one attached hydrogen (secondary N) is 3. The summed E-state index contributed by atoms with van der Waals surface area (Å²) in [7, 11) is 0. The number of aromatic nitrogens is 2. The molecule has 0 saturated carbocycles. The predicted octanol–water partition coefficient (Wildman–Crippen LogP) is 0.954. The van der Waals surface area contributed by atoms with Crippen molar-refractivity contribution in [1.82, 2.24) is 21.0 Å². The van der Waals surface area contributed by atoms with Gasteiger partial charge in [0, 0.05) is 5.39 Å². The van der Waals surface area contributed by atoms with Crippen molar-refractivity contribution in [2.45, 2.75) is 6.92 Å². The Kier molecular flexibility index (Phi) is 3.42. The molecule has 1 heterocycles. The quantitative estimate of drug-likeness (QED) is 0.689. The summed E-state index contributed by atoms with van der Waals surface area (Å²) < 4.78 is 4.62. The van der Waals surface area contributed by atoms with E-state index in [0.29, 0.717) is 11.1 Å². The van der Waals surface area contributed by atoms with E-state index < -0.39 is 12.0 Å². The highest BCUT2D eigenvalue weighted by Crippen LogP contribution is 2.14. The fraction of sp³-hybridized carbons (Fsp3) is 0.182. The van der Waals surface area contributed by atoms with Crippen LogP contribution in [0.2, 0.25) is 0 Å². The maximum absolute atomic E-state index is 11.8. The molecule has 0 aliphatic heterocycles. The molecule has 0 aliphatic carbocycles. The highest BCUT2D eigenvalue weighted by Gasteiger charge is 2.11. The largest absolute Gasteiger partial charge is 0.449 e. The van der Waals surface area contributed by atoms with Crippen LogP contribution in [0, 0.1) is 0 Å². The van der Waals surface area contributed by atoms with Gasteiger partial charge in [0.1, 0.15) is 0 Å². The first-order valence-electron chi connectivity index (χ1n) is 5.37. The second kappa shape index (κ2) is 5.17. The highest BCUT2D eigenvalue weighted by molar-refractivity contribution is 6.05. The van der Waals surface area contributed by atoms with Crippen LogP contribution in [0.25, 0.3) is 10.9 Å². The van der Waals surface area contributed by atoms with Crippen molar-refractivity contribution in [2.24, 2.45) is 0 Å². The Morgan fingerprint density at radius 1 is 1.39 bits per heavy atom. The zero-order valence-corrected chi connectivity index (χ0v) is 9.69. The van der Waals surface area contributed by atoms with E-state index >= 15 is 0 Å². The van der Waals surface area contributed by atoms with Gasteiger partial charge in [-0.3, -0.25) is 15.3 Å². The van der Waals surface area contributed by atoms with Gasteiger partial charge in [0.2, 0.25) is 0 Å². The molecular weight excluding hydrogens is 236 g/mol. The number of carbonyl (C=O) groups excluding carboxylic acids is 2. The molecule has 2 rings (SSSR count). The van der Waals surface area contributed by atoms with Crippen molar-refractivity contribution < 1.29 is 14.3 Å². The van der Waals surface area contributed by atoms with Crippen LogP contribution in [0.3, 0.4) is 0 Å². The Balaban J connectivity index is 2.09. The van der Waals surface area contributed by atoms with Crippen molar-refractivity contribution in [2.75, 3.05) is 6.61 Å². The molecular formula is C11H12N4O3. The summed E-state index contributed by atoms with van der Waals surface area (Å²) in [5.41, 5.74) is 5.40. The number of amides is 2. The molecule has 0 bridgehead atoms. The molecule has 1 aromatic heterocycles. The van der Waals surface area contributed by atoms with E-state index in [9.17, 15) is 9.59 Å². The lowest BCUT2D eigenvalue weighted by Gasteiger charge is -2.07. The van der Waals surface area contributed by atoms with Gasteiger partial charge in [-0.05, 0) is 13.0 Å². The lowest BCUT2D eigenvalue weighted by atomic mass is 10.1. The van der Waals surface area contributed by atoms with Gasteiger partial charge in [-0.15, -0.1) is 0 Å². The Labute approximate surface area is 102 Å². The smallest absolute Gasteiger partial charge is 0.426 e. The second-order valence-corrected chi connectivity index (χ2v) is 3.44. The first-order chi connectivity index (χ1) is 8.72. The first kappa shape index (κ1) is 11.9. The fourth-order valence-corrected chi connectivity index (χ4v) is 1.50. The van der Waals surface area contributed by atoms with Gasteiger partial charge in [-0.25, -0.2) is 10.2 Å². The number of H-pyrrole nitrogens is 1. The van der Waals surface area contributed by atoms with E-state index in [-0.39, 0.29) is 6.61 Å². The van der Waals surface area contributed by atoms with Crippen molar-refractivity contribution in [3.63, 3.8) is 0 Å². The molecule has 2 amide bonds. The van der Waals surface area contributed by atoms with Crippen molar-refractivity contribution in [3.8, 4) is 0 Å². The number of ether oxygens (including phenoxy) is 1. The average Bonchev–Trinajstić information content (AvgIpc) is 2.84. The minimum atomic E-state index is -0.706. The number of carbonyl (C=O) groups is 2. The van der Waals surface area contributed by atoms with E-state index in [1.807, 2.05) is 6.07 Å². The van der Waals surface area contributed by atoms with Gasteiger partial charge >= 0.3 is 6.09 Å². The number of fused-ring (bicyclic) bond motifs is 1. The average molecular weight is 248 g/mol. The van der Waals surface area contributed by atoms with E-state index in [4.69, 9.17) is 0 Å². The van der Waals surface area contributed by atoms with Crippen LogP contribution in [0.4, 0.5) is 4.79 Å². The summed E-state index contributed by atoms with van der Waals surface area (Å²) in [4.78, 5) is 22.9. The summed E-state index contributed by atoms with van der Waals surface area (Å²) in [6, 6.07) is 5.19. The molecule has 1 aromatic carbocycles. The second-order valence-electron chi connectivity index (χ2n) is 3.44. The Morgan fingerprint density at radius 3 is 3.00 bits per heavy atom. The number of nitrogens with zero attached hydrogens (tertiary/aromatic N) is 1. The molecule has 0 aliphatic rings. The summed E-state index contributed by atoms with van der Waals surface area (Å²) in [6.45, 7) is 1.91. The summed E-state index contributed by atoms with van der Waals surface area (Å²) in [5.74, 6) is -0.446. The molecule has 3 N–H and O–H groups in total. The van der Waals surface area contributed by atoms with Crippen LogP contribution in [0.1, 0.15) is 17.3 Å². The molecule has 0 saturated heterocycles. The number of hydrazine groups is 1. The van der Waals surface area contributed by atoms with Gasteiger partial charge in [-0.2, -0.15) is 5.10 Å². The van der Waals surface area contributed by atoms with Crippen LogP contribution in [-0.2, 0) is 4.74 Å². The highest BCUT2D eigenvalue weighted by atomic mass is 16.5. The van der Waals surface area contributed by atoms with Gasteiger partial charge < -0.3 is 4.74 Å². The molecule has 94 valence electrons. The van der Waals surface area contributed by atoms with E-state index in [2.05, 4.69) is 25.8 Å². The molecule has 2 aromatic rings. The zero-order chi connectivity index (χ0) is 13.0. The fourth-order valence-electron chi connectivity index (χ4n) is 1.50. The molecule has 18 heavy (non-hydrogen) atoms. The maximum atomic E-state index is 11.8. The normalized spacial score (nSPS) is 10.1. The summed E-state index contributed by atoms with van der Waals surface area (Å²) >= 11 is 0. The van der Waals surface area contributed by atoms with Crippen molar-refractivity contribution in [3.05, 3.63) is 30.0 Å². The lowest BCUT2D eigenvalue weighted by Crippen LogP contribution is -2.42. The molecule has 0 fully saturated rings. The van der Waals surface area contributed by atoms with Gasteiger partial charge in [0.15, 0.2) is 0 Å². The third-order valence-corrected chi connectivity index (χ3v) is 2.27. The predicted molar refractivity (Wildman–Crippen MR) is 63.7 cm³/mol. The standard InChI is InChI=1S/C11H12N4O3/c1-2-18-11(17)15-14-10(16)8-5-3-4-7-6-12-13-9(7)8/h3-6H,2H2,1H3,(H,12,13)(H,14,16)(H,15,17). The minimum absolute atomic E-state index is 0.234. The third kappa shape index (κ3) is 2.40. The van der Waals surface area contributed by atoms with Crippen molar-refractivity contribution in [1.29, 1.82) is 0 Å². The summed E-state index contributed by atoms with van der Waals surface area (Å²) in [5, 5.41) is 7.40. The van der Waals surface area contributed by atoms with Gasteiger partial charge in [-0.1, -0.05) is 12.1 Å². The molecule has 0 spiro atoms. The van der Waals surface area contributed by atoms with E-state index in [0.717, 1.165) is 5.39 Å². The topological polar surface area (TPSA) is 96.1 Å². The minimum Gasteiger partial charge on any atom is -0.449 e. The molecule has 7 nitrogen and oxygen atoms in total. The molecule has 0 unspecified atom stereocenters. The monoisotopic (exact) mass is 248 g/mol. The first-order valence-corrected chi connectivity index (χ1v) is 5.37. The number of para-hydroxylation sites is 1. The zero-order valence-electron chi connectivity index (χ0n) is 9.69. The summed E-state index contributed by atoms with van der Waals surface area (Å²) in [6.07, 6.45) is 0.910. The Morgan fingerprint density at radius 2 is 2.22 bits per heavy atom. The van der Waals surface area contributed by atoms with Crippen LogP contribution in [-0.4, -0.2) is 28.8 Å². The Bertz CT molecular complexity index is 578. The van der Waals surface area contributed by atoms with Gasteiger partial charge in [0.05, 0.1) is 23.9 Å². The SMILES string of the molecule is CCOC(=O)NNC(=O)c1cccc2cn[nH]c12. The van der Waals surface area contributed by atoms with Crippen LogP contribution in [0.5, 0.6) is 0 Å². The number of rotatable bonds is 2. The number of hydrogen-bond donors (Lipinski definition) is 3. The van der Waals surface area contributed by atoms with Gasteiger partial charge in [0.25, 0.3) is 5.91 Å². The third-order valence-electron chi connectivity index (χ3n) is 2.27. The number of aromatic amines is 1. The lowest BCUT2D eigenvalue weighted by molar-refractivity contribution is 0.0914. The van der Waals surface area contributed by atoms with Crippen LogP contribution in [0.15, 0.2) is 24.4 Å².